The summed E-state index contributed by atoms with van der Waals surface area (Å²) in [6.45, 7) is 35.5. The topological polar surface area (TPSA) is 109 Å². The van der Waals surface area contributed by atoms with Crippen molar-refractivity contribution in [2.45, 2.75) is 115 Å². The van der Waals surface area contributed by atoms with E-state index in [0.717, 1.165) is 18.9 Å². The minimum absolute atomic E-state index is 0.0841. The van der Waals surface area contributed by atoms with E-state index >= 15 is 0 Å². The second-order valence-corrected chi connectivity index (χ2v) is 14.7. The summed E-state index contributed by atoms with van der Waals surface area (Å²) in [5.74, 6) is 0.100. The number of rotatable bonds is 4. The highest BCUT2D eigenvalue weighted by Crippen LogP contribution is 2.39. The quantitative estimate of drug-likeness (QED) is 0.359. The molecule has 1 aromatic carbocycles. The fourth-order valence-corrected chi connectivity index (χ4v) is 3.43. The van der Waals surface area contributed by atoms with Gasteiger partial charge in [-0.15, -0.1) is 0 Å². The summed E-state index contributed by atoms with van der Waals surface area (Å²) in [5, 5.41) is 10.5. The van der Waals surface area contributed by atoms with Crippen molar-refractivity contribution in [1.29, 1.82) is 0 Å². The van der Waals surface area contributed by atoms with Crippen LogP contribution in [0.15, 0.2) is 47.7 Å². The molecule has 1 heterocycles. The Morgan fingerprint density at radius 2 is 1.26 bits per heavy atom. The van der Waals surface area contributed by atoms with Crippen LogP contribution < -0.4 is 0 Å². The Labute approximate surface area is 265 Å². The Morgan fingerprint density at radius 3 is 1.47 bits per heavy atom. The molecule has 1 aliphatic rings. The molecule has 0 saturated heterocycles. The van der Waals surface area contributed by atoms with E-state index in [1.807, 2.05) is 53.1 Å². The van der Waals surface area contributed by atoms with Crippen molar-refractivity contribution in [1.82, 2.24) is 4.90 Å². The van der Waals surface area contributed by atoms with Gasteiger partial charge in [0.1, 0.15) is 29.2 Å². The molecule has 1 atom stereocenters. The zero-order valence-electron chi connectivity index (χ0n) is 30.2. The first-order chi connectivity index (χ1) is 19.6. The van der Waals surface area contributed by atoms with Gasteiger partial charge in [0, 0.05) is 19.1 Å². The van der Waals surface area contributed by atoms with Crippen molar-refractivity contribution in [3.05, 3.63) is 58.9 Å². The van der Waals surface area contributed by atoms with Gasteiger partial charge < -0.3 is 19.6 Å². The van der Waals surface area contributed by atoms with Crippen LogP contribution in [0.4, 0.5) is 0 Å². The van der Waals surface area contributed by atoms with E-state index in [9.17, 15) is 18.3 Å². The molecule has 0 aromatic heterocycles. The molecule has 252 valence electrons. The summed E-state index contributed by atoms with van der Waals surface area (Å²) in [6.07, 6.45) is 5.86. The van der Waals surface area contributed by atoms with Crippen LogP contribution in [0.25, 0.3) is 0 Å². The molecule has 0 fully saturated rings. The smallest absolute Gasteiger partial charge is 0.258 e. The fraction of sp³-hybridized carbons (Fsp3) is 0.629. The minimum Gasteiger partial charge on any atom is -0.509 e. The van der Waals surface area contributed by atoms with Crippen LogP contribution in [0.2, 0.25) is 0 Å². The van der Waals surface area contributed by atoms with Crippen LogP contribution in [0.1, 0.15) is 107 Å². The number of aliphatic hydroxyl groups is 1. The second kappa shape index (κ2) is 25.7. The van der Waals surface area contributed by atoms with Gasteiger partial charge in [0.15, 0.2) is 0 Å². The van der Waals surface area contributed by atoms with Crippen LogP contribution >= 0.6 is 0 Å². The molecule has 8 heteroatoms. The van der Waals surface area contributed by atoms with E-state index in [4.69, 9.17) is 9.59 Å². The first-order valence-corrected chi connectivity index (χ1v) is 17.0. The third kappa shape index (κ3) is 27.8. The lowest BCUT2D eigenvalue weighted by atomic mass is 9.84. The third-order valence-electron chi connectivity index (χ3n) is 5.32. The van der Waals surface area contributed by atoms with Gasteiger partial charge >= 0.3 is 0 Å². The van der Waals surface area contributed by atoms with Gasteiger partial charge in [-0.05, 0) is 43.6 Å². The molecule has 2 rings (SSSR count). The molecule has 0 saturated carbocycles. The lowest BCUT2D eigenvalue weighted by Gasteiger charge is -2.36. The summed E-state index contributed by atoms with van der Waals surface area (Å²) in [4.78, 5) is 30.4. The molecule has 7 nitrogen and oxygen atoms in total. The Bertz CT molecular complexity index is 1000. The van der Waals surface area contributed by atoms with Crippen molar-refractivity contribution in [2.24, 2.45) is 10.8 Å². The van der Waals surface area contributed by atoms with Gasteiger partial charge in [0.2, 0.25) is 0 Å². The number of nitrogens with zero attached hydrogens (tertiary/aromatic N) is 1. The number of benzene rings is 1. The largest absolute Gasteiger partial charge is 0.509 e. The Balaban J connectivity index is -0.000000171. The van der Waals surface area contributed by atoms with Gasteiger partial charge in [0.25, 0.3) is 5.91 Å². The number of aliphatic hydroxyl groups excluding tert-OH is 1. The van der Waals surface area contributed by atoms with E-state index < -0.39 is 9.84 Å². The number of carbonyl (C=O) groups excluding carboxylic acids is 3. The average molecular weight is 628 g/mol. The summed E-state index contributed by atoms with van der Waals surface area (Å²) < 4.78 is 19.3. The standard InChI is InChI=1S/C17H29NO2.C8H10.C4H10.C2H6O2S.C2H6.2CH2O/c1-11(2)12-13(19)14(17(6,7)8)18(15(12)20)10-9-16(3,4)5;1-7-4-3-5-8(2)6-7;1-3-4-2;1-5(2,3)4;3*1-2/h14,19H,1,9-10H2,2-8H3;3-6H,1-2H3;3-4H2,1-2H3;1-2H3;1-2H3;2*1H2. The van der Waals surface area contributed by atoms with Crippen LogP contribution in [0.3, 0.4) is 0 Å². The van der Waals surface area contributed by atoms with Crippen LogP contribution in [-0.4, -0.2) is 63.0 Å². The number of hydrogen-bond acceptors (Lipinski definition) is 6. The molecule has 1 aliphatic heterocycles. The number of carbonyl (C=O) groups is 3. The number of aryl methyl sites for hydroxylation is 2. The maximum atomic E-state index is 12.6. The summed E-state index contributed by atoms with van der Waals surface area (Å²) >= 11 is 0. The number of hydrogen-bond donors (Lipinski definition) is 1. The maximum Gasteiger partial charge on any atom is 0.258 e. The lowest BCUT2D eigenvalue weighted by molar-refractivity contribution is -0.129. The molecule has 0 aliphatic carbocycles. The molecule has 43 heavy (non-hydrogen) atoms. The van der Waals surface area contributed by atoms with Gasteiger partial charge in [-0.25, -0.2) is 8.42 Å². The van der Waals surface area contributed by atoms with Gasteiger partial charge in [-0.2, -0.15) is 0 Å². The maximum absolute atomic E-state index is 12.6. The van der Waals surface area contributed by atoms with Gasteiger partial charge in [-0.3, -0.25) is 4.79 Å². The van der Waals surface area contributed by atoms with Crippen LogP contribution in [0, 0.1) is 24.7 Å². The SMILES string of the molecule is C=C(C)C1=C(O)C(C(C)(C)C)N(CCC(C)(C)C)C1=O.C=O.C=O.CC.CCCC.CS(C)(=O)=O.Cc1cccc(C)c1. The highest BCUT2D eigenvalue weighted by molar-refractivity contribution is 7.89. The Kier molecular flexibility index (Phi) is 29.9. The van der Waals surface area contributed by atoms with E-state index in [-0.39, 0.29) is 28.5 Å². The molecule has 1 unspecified atom stereocenters. The van der Waals surface area contributed by atoms with E-state index in [2.05, 4.69) is 79.3 Å². The molecule has 1 amide bonds. The van der Waals surface area contributed by atoms with Crippen LogP contribution in [-0.2, 0) is 24.2 Å². The van der Waals surface area contributed by atoms with Crippen molar-refractivity contribution >= 4 is 29.3 Å². The van der Waals surface area contributed by atoms with E-state index in [1.165, 1.54) is 24.0 Å². The molecule has 0 spiro atoms. The van der Waals surface area contributed by atoms with Crippen molar-refractivity contribution in [3.8, 4) is 0 Å². The van der Waals surface area contributed by atoms with Crippen molar-refractivity contribution < 1.29 is 27.9 Å². The highest BCUT2D eigenvalue weighted by atomic mass is 32.2. The highest BCUT2D eigenvalue weighted by Gasteiger charge is 2.45. The monoisotopic (exact) mass is 627 g/mol. The molecular formula is C35H65NO6S. The van der Waals surface area contributed by atoms with Crippen molar-refractivity contribution in [2.75, 3.05) is 19.1 Å². The predicted octanol–water partition coefficient (Wildman–Crippen LogP) is 8.49. The Hall–Kier alpha value is -2.74. The van der Waals surface area contributed by atoms with Gasteiger partial charge in [0.05, 0.1) is 11.6 Å². The first kappa shape index (κ1) is 49.9. The van der Waals surface area contributed by atoms with Crippen molar-refractivity contribution in [3.63, 3.8) is 0 Å². The number of unbranched alkanes of at least 4 members (excludes halogenated alkanes) is 1. The molecule has 0 bridgehead atoms. The third-order valence-corrected chi connectivity index (χ3v) is 5.32. The summed E-state index contributed by atoms with van der Waals surface area (Å²) in [5.41, 5.74) is 3.67. The normalized spacial score (nSPS) is 13.8. The van der Waals surface area contributed by atoms with Gasteiger partial charge in [-0.1, -0.05) is 124 Å². The van der Waals surface area contributed by atoms with Crippen LogP contribution in [0.5, 0.6) is 0 Å². The van der Waals surface area contributed by atoms with E-state index in [0.29, 0.717) is 17.7 Å². The zero-order valence-corrected chi connectivity index (χ0v) is 31.0. The molecule has 1 N–H and O–H groups in total. The Morgan fingerprint density at radius 1 is 0.907 bits per heavy atom. The molecule has 1 aromatic rings. The molecular weight excluding hydrogens is 562 g/mol. The zero-order chi connectivity index (χ0) is 35.8. The second-order valence-electron chi connectivity index (χ2n) is 12.4. The average Bonchev–Trinajstić information content (AvgIpc) is 3.15. The minimum atomic E-state index is -2.67. The predicted molar refractivity (Wildman–Crippen MR) is 186 cm³/mol. The lowest BCUT2D eigenvalue weighted by Crippen LogP contribution is -2.45. The van der Waals surface area contributed by atoms with E-state index in [1.54, 1.807) is 6.92 Å². The number of sulfone groups is 1. The summed E-state index contributed by atoms with van der Waals surface area (Å²) in [7, 11) is -2.67. The number of amides is 1. The molecule has 0 radical (unpaired) electrons. The first-order valence-electron chi connectivity index (χ1n) is 14.7. The fourth-order valence-electron chi connectivity index (χ4n) is 3.43. The summed E-state index contributed by atoms with van der Waals surface area (Å²) in [6, 6.07) is 8.19.